The van der Waals surface area contributed by atoms with E-state index in [2.05, 4.69) is 5.32 Å². The van der Waals surface area contributed by atoms with Gasteiger partial charge in [-0.2, -0.15) is 0 Å². The normalized spacial score (nSPS) is 10.3. The number of amides is 1. The van der Waals surface area contributed by atoms with E-state index in [9.17, 15) is 19.7 Å². The molecule has 2 rings (SSSR count). The molecule has 1 N–H and O–H groups in total. The fourth-order valence-electron chi connectivity index (χ4n) is 2.18. The van der Waals surface area contributed by atoms with Crippen molar-refractivity contribution < 1.29 is 9.72 Å². The molecule has 2 aromatic rings. The third-order valence-corrected chi connectivity index (χ3v) is 3.35. The molecule has 23 heavy (non-hydrogen) atoms. The Kier molecular flexibility index (Phi) is 5.24. The molecule has 1 aromatic carbocycles. The highest BCUT2D eigenvalue weighted by Gasteiger charge is 2.13. The van der Waals surface area contributed by atoms with E-state index in [1.165, 1.54) is 13.0 Å². The van der Waals surface area contributed by atoms with Crippen molar-refractivity contribution in [3.63, 3.8) is 0 Å². The quantitative estimate of drug-likeness (QED) is 0.644. The van der Waals surface area contributed by atoms with Crippen molar-refractivity contribution in [3.8, 4) is 0 Å². The summed E-state index contributed by atoms with van der Waals surface area (Å²) in [6.45, 7) is 1.68. The number of hydrogen-bond acceptors (Lipinski definition) is 4. The van der Waals surface area contributed by atoms with E-state index < -0.39 is 10.5 Å². The lowest BCUT2D eigenvalue weighted by atomic mass is 10.1. The number of hydrogen-bond donors (Lipinski definition) is 1. The number of pyridine rings is 1. The highest BCUT2D eigenvalue weighted by atomic mass is 16.6. The first-order valence-electron chi connectivity index (χ1n) is 7.13. The standard InChI is InChI=1S/C16H17N3O4/c1-12-9-14(19(22)23)10-18(16(12)21)11-15(20)17-8-7-13-5-3-2-4-6-13/h2-6,9-10H,7-8,11H2,1H3,(H,17,20). The summed E-state index contributed by atoms with van der Waals surface area (Å²) in [6.07, 6.45) is 1.77. The van der Waals surface area contributed by atoms with Crippen LogP contribution in [-0.2, 0) is 17.8 Å². The Bertz CT molecular complexity index is 769. The summed E-state index contributed by atoms with van der Waals surface area (Å²) in [7, 11) is 0. The van der Waals surface area contributed by atoms with Crippen molar-refractivity contribution in [2.24, 2.45) is 0 Å². The molecule has 120 valence electrons. The van der Waals surface area contributed by atoms with Gasteiger partial charge < -0.3 is 5.32 Å². The zero-order valence-corrected chi connectivity index (χ0v) is 12.7. The Morgan fingerprint density at radius 2 is 2.00 bits per heavy atom. The fourth-order valence-corrected chi connectivity index (χ4v) is 2.18. The lowest BCUT2D eigenvalue weighted by Gasteiger charge is -2.08. The van der Waals surface area contributed by atoms with Crippen molar-refractivity contribution in [3.05, 3.63) is 74.2 Å². The van der Waals surface area contributed by atoms with Gasteiger partial charge in [0.15, 0.2) is 0 Å². The van der Waals surface area contributed by atoms with Crippen LogP contribution < -0.4 is 10.9 Å². The van der Waals surface area contributed by atoms with Crippen LogP contribution in [0.4, 0.5) is 5.69 Å². The van der Waals surface area contributed by atoms with Crippen LogP contribution in [-0.4, -0.2) is 21.9 Å². The first-order chi connectivity index (χ1) is 11.0. The summed E-state index contributed by atoms with van der Waals surface area (Å²) in [5, 5.41) is 13.5. The van der Waals surface area contributed by atoms with Gasteiger partial charge >= 0.3 is 0 Å². The highest BCUT2D eigenvalue weighted by molar-refractivity contribution is 5.75. The molecule has 0 aliphatic heterocycles. The SMILES string of the molecule is Cc1cc([N+](=O)[O-])cn(CC(=O)NCCc2ccccc2)c1=O. The molecule has 7 heteroatoms. The summed E-state index contributed by atoms with van der Waals surface area (Å²) in [5.41, 5.74) is 0.709. The molecule has 7 nitrogen and oxygen atoms in total. The number of nitro groups is 1. The van der Waals surface area contributed by atoms with E-state index in [0.29, 0.717) is 13.0 Å². The largest absolute Gasteiger partial charge is 0.354 e. The predicted molar refractivity (Wildman–Crippen MR) is 85.2 cm³/mol. The van der Waals surface area contributed by atoms with Crippen LogP contribution in [0, 0.1) is 17.0 Å². The van der Waals surface area contributed by atoms with Gasteiger partial charge in [-0.3, -0.25) is 24.3 Å². The Balaban J connectivity index is 1.97. The first-order valence-corrected chi connectivity index (χ1v) is 7.13. The molecule has 1 amide bonds. The number of nitrogens with one attached hydrogen (secondary N) is 1. The maximum absolute atomic E-state index is 11.9. The molecule has 0 atom stereocenters. The monoisotopic (exact) mass is 315 g/mol. The van der Waals surface area contributed by atoms with Crippen LogP contribution in [0.25, 0.3) is 0 Å². The topological polar surface area (TPSA) is 94.2 Å². The Labute approximate surface area is 132 Å². The number of carbonyl (C=O) groups excluding carboxylic acids is 1. The van der Waals surface area contributed by atoms with E-state index in [4.69, 9.17) is 0 Å². The predicted octanol–water partition coefficient (Wildman–Crippen LogP) is 1.42. The lowest BCUT2D eigenvalue weighted by Crippen LogP contribution is -2.33. The summed E-state index contributed by atoms with van der Waals surface area (Å²) >= 11 is 0. The van der Waals surface area contributed by atoms with Crippen molar-refractivity contribution in [2.45, 2.75) is 19.9 Å². The Morgan fingerprint density at radius 3 is 2.65 bits per heavy atom. The van der Waals surface area contributed by atoms with Crippen LogP contribution in [0.1, 0.15) is 11.1 Å². The molecule has 0 saturated carbocycles. The van der Waals surface area contributed by atoms with E-state index >= 15 is 0 Å². The third kappa shape index (κ3) is 4.50. The average molecular weight is 315 g/mol. The molecule has 0 aliphatic carbocycles. The third-order valence-electron chi connectivity index (χ3n) is 3.35. The molecule has 0 saturated heterocycles. The minimum absolute atomic E-state index is 0.209. The van der Waals surface area contributed by atoms with Gasteiger partial charge in [0.1, 0.15) is 6.54 Å². The van der Waals surface area contributed by atoms with Gasteiger partial charge in [-0.1, -0.05) is 30.3 Å². The number of nitrogens with zero attached hydrogens (tertiary/aromatic N) is 2. The number of aryl methyl sites for hydroxylation is 1. The first kappa shape index (κ1) is 16.4. The molecular formula is C16H17N3O4. The van der Waals surface area contributed by atoms with E-state index in [1.807, 2.05) is 30.3 Å². The zero-order valence-electron chi connectivity index (χ0n) is 12.7. The van der Waals surface area contributed by atoms with Gasteiger partial charge in [0, 0.05) is 18.2 Å². The number of rotatable bonds is 6. The molecule has 0 unspecified atom stereocenters. The minimum Gasteiger partial charge on any atom is -0.354 e. The lowest BCUT2D eigenvalue weighted by molar-refractivity contribution is -0.385. The molecule has 0 spiro atoms. The zero-order chi connectivity index (χ0) is 16.8. The van der Waals surface area contributed by atoms with E-state index in [-0.39, 0.29) is 23.7 Å². The molecular weight excluding hydrogens is 298 g/mol. The van der Waals surface area contributed by atoms with Crippen LogP contribution in [0.2, 0.25) is 0 Å². The fraction of sp³-hybridized carbons (Fsp3) is 0.250. The smallest absolute Gasteiger partial charge is 0.286 e. The second-order valence-corrected chi connectivity index (χ2v) is 5.16. The molecule has 1 heterocycles. The second kappa shape index (κ2) is 7.35. The Morgan fingerprint density at radius 1 is 1.30 bits per heavy atom. The van der Waals surface area contributed by atoms with Crippen LogP contribution in [0.15, 0.2) is 47.4 Å². The van der Waals surface area contributed by atoms with E-state index in [1.54, 1.807) is 0 Å². The van der Waals surface area contributed by atoms with E-state index in [0.717, 1.165) is 16.3 Å². The molecule has 1 aromatic heterocycles. The molecule has 0 radical (unpaired) electrons. The van der Waals surface area contributed by atoms with Gasteiger partial charge in [-0.15, -0.1) is 0 Å². The van der Waals surface area contributed by atoms with Crippen molar-refractivity contribution >= 4 is 11.6 Å². The van der Waals surface area contributed by atoms with Gasteiger partial charge in [-0.05, 0) is 18.9 Å². The van der Waals surface area contributed by atoms with Crippen LogP contribution in [0.5, 0.6) is 0 Å². The second-order valence-electron chi connectivity index (χ2n) is 5.16. The summed E-state index contributed by atoms with van der Waals surface area (Å²) < 4.78 is 1.06. The molecule has 0 fully saturated rings. The summed E-state index contributed by atoms with van der Waals surface area (Å²) in [6, 6.07) is 10.9. The number of carbonyl (C=O) groups is 1. The average Bonchev–Trinajstić information content (AvgIpc) is 2.52. The minimum atomic E-state index is -0.587. The van der Waals surface area contributed by atoms with Crippen molar-refractivity contribution in [2.75, 3.05) is 6.54 Å². The van der Waals surface area contributed by atoms with Crippen LogP contribution >= 0.6 is 0 Å². The van der Waals surface area contributed by atoms with Crippen molar-refractivity contribution in [1.82, 2.24) is 9.88 Å². The maximum Gasteiger partial charge on any atom is 0.286 e. The van der Waals surface area contributed by atoms with Gasteiger partial charge in [-0.25, -0.2) is 0 Å². The molecule has 0 bridgehead atoms. The Hall–Kier alpha value is -2.96. The van der Waals surface area contributed by atoms with Crippen molar-refractivity contribution in [1.29, 1.82) is 0 Å². The number of benzene rings is 1. The number of aromatic nitrogens is 1. The van der Waals surface area contributed by atoms with Gasteiger partial charge in [0.2, 0.25) is 5.91 Å². The summed E-state index contributed by atoms with van der Waals surface area (Å²) in [5.74, 6) is -0.358. The highest BCUT2D eigenvalue weighted by Crippen LogP contribution is 2.09. The summed E-state index contributed by atoms with van der Waals surface area (Å²) in [4.78, 5) is 34.1. The van der Waals surface area contributed by atoms with Gasteiger partial charge in [0.05, 0.1) is 11.1 Å². The van der Waals surface area contributed by atoms with Gasteiger partial charge in [0.25, 0.3) is 11.2 Å². The maximum atomic E-state index is 11.9. The van der Waals surface area contributed by atoms with Crippen LogP contribution in [0.3, 0.4) is 0 Å². The molecule has 0 aliphatic rings.